The number of carbonyl (C=O) groups is 1. The number of aliphatic imine (C=N–C) groups is 1. The van der Waals surface area contributed by atoms with Crippen molar-refractivity contribution >= 4 is 47.4 Å². The molecule has 0 aliphatic carbocycles. The Labute approximate surface area is 149 Å². The average Bonchev–Trinajstić information content (AvgIpc) is 3.01. The van der Waals surface area contributed by atoms with Gasteiger partial charge < -0.3 is 0 Å². The first-order chi connectivity index (χ1) is 11.2. The number of fused-ring (bicyclic) bond motifs is 1. The Kier molecular flexibility index (Phi) is 4.13. The highest BCUT2D eigenvalue weighted by Crippen LogP contribution is 2.55. The zero-order valence-electron chi connectivity index (χ0n) is 12.1. The van der Waals surface area contributed by atoms with Gasteiger partial charge in [-0.1, -0.05) is 72.4 Å². The van der Waals surface area contributed by atoms with Gasteiger partial charge in [0.1, 0.15) is 9.83 Å². The molecule has 0 saturated carbocycles. The van der Waals surface area contributed by atoms with Crippen molar-refractivity contribution in [1.82, 2.24) is 4.31 Å². The van der Waals surface area contributed by atoms with Gasteiger partial charge in [-0.25, -0.2) is 0 Å². The largest absolute Gasteiger partial charge is 0.284 e. The first-order valence-electron chi connectivity index (χ1n) is 7.27. The summed E-state index contributed by atoms with van der Waals surface area (Å²) in [5.41, 5.74) is 2.32. The molecule has 1 unspecified atom stereocenters. The maximum absolute atomic E-state index is 12.3. The van der Waals surface area contributed by atoms with E-state index in [4.69, 9.17) is 0 Å². The number of carbonyl (C=O) groups excluding carboxylic acids is 1. The molecule has 1 amide bonds. The van der Waals surface area contributed by atoms with Gasteiger partial charge in [0.2, 0.25) is 0 Å². The molecule has 2 aliphatic rings. The summed E-state index contributed by atoms with van der Waals surface area (Å²) < 4.78 is 2.36. The Morgan fingerprint density at radius 2 is 1.57 bits per heavy atom. The van der Waals surface area contributed by atoms with Crippen molar-refractivity contribution < 1.29 is 4.79 Å². The lowest BCUT2D eigenvalue weighted by molar-refractivity contribution is -0.118. The quantitative estimate of drug-likeness (QED) is 0.640. The Bertz CT molecular complexity index is 751. The molecule has 0 radical (unpaired) electrons. The van der Waals surface area contributed by atoms with Crippen molar-refractivity contribution in [3.8, 4) is 0 Å². The number of amidine groups is 1. The van der Waals surface area contributed by atoms with Crippen molar-refractivity contribution in [2.45, 2.75) is 15.9 Å². The van der Waals surface area contributed by atoms with Crippen molar-refractivity contribution in [1.29, 1.82) is 0 Å². The number of thiol groups is 1. The number of nitrogens with zero attached hydrogens (tertiary/aromatic N) is 2. The highest BCUT2D eigenvalue weighted by Gasteiger charge is 2.44. The van der Waals surface area contributed by atoms with Crippen LogP contribution >= 0.6 is 36.3 Å². The summed E-state index contributed by atoms with van der Waals surface area (Å²) in [7, 11) is 0. The van der Waals surface area contributed by atoms with Crippen LogP contribution in [0, 0.1) is 0 Å². The lowest BCUT2D eigenvalue weighted by atomic mass is 10.0. The predicted molar refractivity (Wildman–Crippen MR) is 101 cm³/mol. The number of rotatable bonds is 2. The molecule has 3 atom stereocenters. The van der Waals surface area contributed by atoms with Crippen molar-refractivity contribution in [3.05, 3.63) is 71.8 Å². The third kappa shape index (κ3) is 2.79. The maximum Gasteiger partial charge on any atom is 0.263 e. The average molecular weight is 359 g/mol. The van der Waals surface area contributed by atoms with Gasteiger partial charge in [0.05, 0.1) is 6.04 Å². The number of hydrogen-bond acceptors (Lipinski definition) is 5. The molecule has 2 aliphatic heterocycles. The van der Waals surface area contributed by atoms with Crippen LogP contribution in [0.4, 0.5) is 0 Å². The predicted octanol–water partition coefficient (Wildman–Crippen LogP) is 4.32. The molecular formula is C17H14N2OS3. The van der Waals surface area contributed by atoms with Crippen molar-refractivity contribution in [2.75, 3.05) is 0 Å². The molecule has 0 N–H and O–H groups in total. The van der Waals surface area contributed by atoms with Crippen molar-refractivity contribution in [2.24, 2.45) is 4.99 Å². The van der Waals surface area contributed by atoms with E-state index in [2.05, 4.69) is 34.1 Å². The second-order valence-corrected chi connectivity index (χ2v) is 8.33. The summed E-state index contributed by atoms with van der Waals surface area (Å²) in [4.78, 5) is 16.5. The van der Waals surface area contributed by atoms with Crippen molar-refractivity contribution in [3.63, 3.8) is 0 Å². The molecule has 23 heavy (non-hydrogen) atoms. The SMILES string of the molecule is O=C1N=C2SC(c3ccccc3)SN2[C@H](c2ccccc2)[C@H]1S. The topological polar surface area (TPSA) is 32.7 Å². The fraction of sp³-hybridized carbons (Fsp3) is 0.176. The van der Waals surface area contributed by atoms with Crippen LogP contribution in [0.1, 0.15) is 21.8 Å². The van der Waals surface area contributed by atoms with Gasteiger partial charge in [-0.05, 0) is 23.1 Å². The van der Waals surface area contributed by atoms with E-state index in [1.54, 1.807) is 23.7 Å². The van der Waals surface area contributed by atoms with Gasteiger partial charge in [0, 0.05) is 0 Å². The fourth-order valence-electron chi connectivity index (χ4n) is 2.71. The van der Waals surface area contributed by atoms with Gasteiger partial charge in [0.15, 0.2) is 5.17 Å². The zero-order valence-corrected chi connectivity index (χ0v) is 14.6. The first kappa shape index (κ1) is 15.2. The minimum absolute atomic E-state index is 0.0919. The highest BCUT2D eigenvalue weighted by atomic mass is 32.2. The molecule has 1 fully saturated rings. The summed E-state index contributed by atoms with van der Waals surface area (Å²) in [5.74, 6) is -0.157. The fourth-order valence-corrected chi connectivity index (χ4v) is 5.96. The van der Waals surface area contributed by atoms with Crippen LogP contribution in [0.3, 0.4) is 0 Å². The standard InChI is InChI=1S/C17H14N2OS3/c20-15-14(21)13(11-7-3-1-4-8-11)19-17(18-15)22-16(23-19)12-9-5-2-6-10-12/h1-10,13-14,16,21H/t13-,14-,16?/m1/s1. The van der Waals surface area contributed by atoms with E-state index in [0.29, 0.717) is 0 Å². The van der Waals surface area contributed by atoms with Gasteiger partial charge in [0.25, 0.3) is 5.91 Å². The third-order valence-corrected chi connectivity index (χ3v) is 7.08. The summed E-state index contributed by atoms with van der Waals surface area (Å²) >= 11 is 7.90. The van der Waals surface area contributed by atoms with Gasteiger partial charge in [-0.3, -0.25) is 9.10 Å². The van der Waals surface area contributed by atoms with E-state index in [-0.39, 0.29) is 16.5 Å². The molecule has 4 rings (SSSR count). The lowest BCUT2D eigenvalue weighted by Gasteiger charge is -2.34. The number of amides is 1. The van der Waals surface area contributed by atoms with Crippen LogP contribution in [-0.2, 0) is 4.79 Å². The maximum atomic E-state index is 12.3. The van der Waals surface area contributed by atoms with E-state index in [1.807, 2.05) is 48.5 Å². The summed E-state index contributed by atoms with van der Waals surface area (Å²) in [6.45, 7) is 0. The first-order valence-corrected chi connectivity index (χ1v) is 9.50. The monoisotopic (exact) mass is 358 g/mol. The normalized spacial score (nSPS) is 26.8. The second kappa shape index (κ2) is 6.26. The zero-order chi connectivity index (χ0) is 15.8. The number of benzene rings is 2. The van der Waals surface area contributed by atoms with Crippen LogP contribution < -0.4 is 0 Å². The van der Waals surface area contributed by atoms with E-state index >= 15 is 0 Å². The lowest BCUT2D eigenvalue weighted by Crippen LogP contribution is -2.39. The van der Waals surface area contributed by atoms with Crippen LogP contribution in [0.2, 0.25) is 0 Å². The molecule has 6 heteroatoms. The number of thioether (sulfide) groups is 1. The van der Waals surface area contributed by atoms with Crippen LogP contribution in [0.15, 0.2) is 65.7 Å². The van der Waals surface area contributed by atoms with E-state index in [1.165, 1.54) is 5.56 Å². The minimum Gasteiger partial charge on any atom is -0.284 e. The van der Waals surface area contributed by atoms with E-state index < -0.39 is 5.25 Å². The Morgan fingerprint density at radius 3 is 2.22 bits per heavy atom. The Hall–Kier alpha value is -1.37. The van der Waals surface area contributed by atoms with Crippen LogP contribution in [0.5, 0.6) is 0 Å². The summed E-state index contributed by atoms with van der Waals surface area (Å²) in [5, 5.41) is 0.344. The molecule has 2 heterocycles. The molecule has 116 valence electrons. The number of hydrogen-bond donors (Lipinski definition) is 1. The summed E-state index contributed by atoms with van der Waals surface area (Å²) in [6.07, 6.45) is 0. The molecule has 0 bridgehead atoms. The Morgan fingerprint density at radius 1 is 0.957 bits per heavy atom. The molecule has 2 aromatic carbocycles. The van der Waals surface area contributed by atoms with E-state index in [9.17, 15) is 4.79 Å². The molecule has 0 spiro atoms. The minimum atomic E-state index is -0.441. The molecular weight excluding hydrogens is 344 g/mol. The Balaban J connectivity index is 1.70. The molecule has 0 aromatic heterocycles. The van der Waals surface area contributed by atoms with Gasteiger partial charge in [-0.2, -0.15) is 17.6 Å². The molecule has 3 nitrogen and oxygen atoms in total. The van der Waals surface area contributed by atoms with Crippen LogP contribution in [0.25, 0.3) is 0 Å². The summed E-state index contributed by atoms with van der Waals surface area (Å²) in [6, 6.07) is 20.3. The third-order valence-electron chi connectivity index (χ3n) is 3.83. The van der Waals surface area contributed by atoms with Gasteiger partial charge in [-0.15, -0.1) is 0 Å². The second-order valence-electron chi connectivity index (χ2n) is 5.32. The highest BCUT2D eigenvalue weighted by molar-refractivity contribution is 8.28. The molecule has 1 saturated heterocycles. The van der Waals surface area contributed by atoms with Crippen LogP contribution in [-0.4, -0.2) is 20.6 Å². The van der Waals surface area contributed by atoms with Gasteiger partial charge >= 0.3 is 0 Å². The molecule has 2 aromatic rings. The van der Waals surface area contributed by atoms with E-state index in [0.717, 1.165) is 10.7 Å². The smallest absolute Gasteiger partial charge is 0.263 e.